The van der Waals surface area contributed by atoms with E-state index in [2.05, 4.69) is 38.2 Å². The topological polar surface area (TPSA) is 38.3 Å². The van der Waals surface area contributed by atoms with Gasteiger partial charge in [0.1, 0.15) is 5.54 Å². The predicted octanol–water partition coefficient (Wildman–Crippen LogP) is 2.70. The van der Waals surface area contributed by atoms with Crippen LogP contribution in [0.3, 0.4) is 0 Å². The fraction of sp³-hybridized carbons (Fsp3) is 0.562. The molecule has 0 aliphatic carbocycles. The van der Waals surface area contributed by atoms with Crippen molar-refractivity contribution < 1.29 is 9.53 Å². The van der Waals surface area contributed by atoms with Gasteiger partial charge in [-0.1, -0.05) is 12.1 Å². The lowest BCUT2D eigenvalue weighted by atomic mass is 9.96. The molecule has 0 radical (unpaired) electrons. The van der Waals surface area contributed by atoms with Crippen LogP contribution in [0.4, 0.5) is 0 Å². The number of nitrogens with one attached hydrogen (secondary N) is 1. The quantitative estimate of drug-likeness (QED) is 0.830. The van der Waals surface area contributed by atoms with Gasteiger partial charge in [0.05, 0.1) is 7.11 Å². The molecule has 3 nitrogen and oxygen atoms in total. The van der Waals surface area contributed by atoms with Crippen LogP contribution in [-0.4, -0.2) is 25.2 Å². The first-order valence-electron chi connectivity index (χ1n) is 6.68. The summed E-state index contributed by atoms with van der Waals surface area (Å²) in [4.78, 5) is 11.6. The average Bonchev–Trinajstić information content (AvgIpc) is 2.37. The Morgan fingerprint density at radius 1 is 1.21 bits per heavy atom. The zero-order chi connectivity index (χ0) is 14.6. The van der Waals surface area contributed by atoms with E-state index in [9.17, 15) is 4.79 Å². The van der Waals surface area contributed by atoms with Crippen molar-refractivity contribution in [2.24, 2.45) is 0 Å². The van der Waals surface area contributed by atoms with Gasteiger partial charge >= 0.3 is 5.97 Å². The van der Waals surface area contributed by atoms with Crippen molar-refractivity contribution in [3.8, 4) is 0 Å². The highest BCUT2D eigenvalue weighted by Crippen LogP contribution is 2.17. The van der Waals surface area contributed by atoms with Crippen molar-refractivity contribution in [1.82, 2.24) is 5.32 Å². The van der Waals surface area contributed by atoms with E-state index in [0.717, 1.165) is 13.0 Å². The first-order chi connectivity index (χ1) is 8.79. The van der Waals surface area contributed by atoms with Gasteiger partial charge in [-0.15, -0.1) is 0 Å². The van der Waals surface area contributed by atoms with Crippen LogP contribution in [0.1, 0.15) is 36.1 Å². The Labute approximate surface area is 116 Å². The Balaban J connectivity index is 2.64. The summed E-state index contributed by atoms with van der Waals surface area (Å²) in [6.45, 7) is 10.9. The van der Waals surface area contributed by atoms with Crippen LogP contribution in [0.2, 0.25) is 0 Å². The maximum Gasteiger partial charge on any atom is 0.325 e. The summed E-state index contributed by atoms with van der Waals surface area (Å²) in [5.74, 6) is -0.232. The molecule has 0 unspecified atom stereocenters. The van der Waals surface area contributed by atoms with Crippen molar-refractivity contribution in [3.63, 3.8) is 0 Å². The third kappa shape index (κ3) is 3.80. The van der Waals surface area contributed by atoms with E-state index in [-0.39, 0.29) is 5.97 Å². The molecule has 0 aromatic heterocycles. The second-order valence-corrected chi connectivity index (χ2v) is 5.58. The summed E-state index contributed by atoms with van der Waals surface area (Å²) < 4.78 is 4.77. The van der Waals surface area contributed by atoms with Crippen LogP contribution in [0, 0.1) is 20.8 Å². The summed E-state index contributed by atoms with van der Waals surface area (Å²) in [5, 5.41) is 3.24. The van der Waals surface area contributed by atoms with Crippen LogP contribution < -0.4 is 5.32 Å². The second-order valence-electron chi connectivity index (χ2n) is 5.58. The second kappa shape index (κ2) is 6.20. The number of hydrogen-bond acceptors (Lipinski definition) is 3. The normalized spacial score (nSPS) is 11.5. The van der Waals surface area contributed by atoms with Crippen molar-refractivity contribution >= 4 is 5.97 Å². The monoisotopic (exact) mass is 263 g/mol. The van der Waals surface area contributed by atoms with Gasteiger partial charge in [-0.3, -0.25) is 4.79 Å². The molecule has 3 heteroatoms. The van der Waals surface area contributed by atoms with E-state index in [4.69, 9.17) is 4.74 Å². The van der Waals surface area contributed by atoms with Crippen molar-refractivity contribution in [1.29, 1.82) is 0 Å². The minimum atomic E-state index is -0.637. The molecule has 0 heterocycles. The number of carbonyl (C=O) groups is 1. The number of carbonyl (C=O) groups excluding carboxylic acids is 1. The number of ether oxygens (including phenoxy) is 1. The minimum absolute atomic E-state index is 0.232. The molecule has 0 saturated heterocycles. The largest absolute Gasteiger partial charge is 0.468 e. The van der Waals surface area contributed by atoms with Gasteiger partial charge in [-0.25, -0.2) is 0 Å². The first kappa shape index (κ1) is 15.7. The molecule has 0 spiro atoms. The molecule has 1 aromatic carbocycles. The lowest BCUT2D eigenvalue weighted by Gasteiger charge is -2.23. The Bertz CT molecular complexity index is 464. The van der Waals surface area contributed by atoms with Gasteiger partial charge in [0.15, 0.2) is 0 Å². The van der Waals surface area contributed by atoms with Gasteiger partial charge in [0.2, 0.25) is 0 Å². The maximum absolute atomic E-state index is 11.6. The maximum atomic E-state index is 11.6. The van der Waals surface area contributed by atoms with E-state index in [1.165, 1.54) is 29.4 Å². The number of aryl methyl sites for hydroxylation is 1. The van der Waals surface area contributed by atoms with Gasteiger partial charge in [0.25, 0.3) is 0 Å². The van der Waals surface area contributed by atoms with Crippen molar-refractivity contribution in [2.45, 2.75) is 46.6 Å². The van der Waals surface area contributed by atoms with Crippen molar-refractivity contribution in [2.75, 3.05) is 13.7 Å². The fourth-order valence-corrected chi connectivity index (χ4v) is 2.12. The summed E-state index contributed by atoms with van der Waals surface area (Å²) >= 11 is 0. The number of methoxy groups -OCH3 is 1. The number of rotatable bonds is 5. The summed E-state index contributed by atoms with van der Waals surface area (Å²) in [5.41, 5.74) is 4.71. The number of esters is 1. The molecular weight excluding hydrogens is 238 g/mol. The SMILES string of the molecule is COC(=O)C(C)(C)NCCc1ccc(C)c(C)c1C. The molecule has 1 rings (SSSR count). The molecule has 0 aliphatic heterocycles. The summed E-state index contributed by atoms with van der Waals surface area (Å²) in [6.07, 6.45) is 0.910. The highest BCUT2D eigenvalue weighted by atomic mass is 16.5. The Morgan fingerprint density at radius 3 is 2.42 bits per heavy atom. The van der Waals surface area contributed by atoms with Gasteiger partial charge in [-0.2, -0.15) is 0 Å². The van der Waals surface area contributed by atoms with E-state index in [1.807, 2.05) is 13.8 Å². The highest BCUT2D eigenvalue weighted by Gasteiger charge is 2.27. The predicted molar refractivity (Wildman–Crippen MR) is 78.5 cm³/mol. The molecular formula is C16H25NO2. The van der Waals surface area contributed by atoms with E-state index < -0.39 is 5.54 Å². The third-order valence-corrected chi connectivity index (χ3v) is 3.83. The first-order valence-corrected chi connectivity index (χ1v) is 6.68. The molecule has 19 heavy (non-hydrogen) atoms. The lowest BCUT2D eigenvalue weighted by molar-refractivity contribution is -0.147. The molecule has 1 aromatic rings. The molecule has 0 atom stereocenters. The standard InChI is InChI=1S/C16H25NO2/c1-11-7-8-14(13(3)12(11)2)9-10-17-16(4,5)15(18)19-6/h7-8,17H,9-10H2,1-6H3. The van der Waals surface area contributed by atoms with Crippen LogP contribution in [-0.2, 0) is 16.0 Å². The molecule has 1 N–H and O–H groups in total. The Kier molecular flexibility index (Phi) is 5.12. The fourth-order valence-electron chi connectivity index (χ4n) is 2.12. The van der Waals surface area contributed by atoms with Crippen LogP contribution in [0.15, 0.2) is 12.1 Å². The van der Waals surface area contributed by atoms with Gasteiger partial charge in [-0.05, 0) is 63.3 Å². The molecule has 0 fully saturated rings. The van der Waals surface area contributed by atoms with Crippen LogP contribution in [0.5, 0.6) is 0 Å². The van der Waals surface area contributed by atoms with Crippen molar-refractivity contribution in [3.05, 3.63) is 34.4 Å². The molecule has 0 amide bonds. The number of benzene rings is 1. The van der Waals surface area contributed by atoms with E-state index in [1.54, 1.807) is 0 Å². The van der Waals surface area contributed by atoms with Gasteiger partial charge in [0, 0.05) is 6.54 Å². The van der Waals surface area contributed by atoms with E-state index in [0.29, 0.717) is 0 Å². The summed E-state index contributed by atoms with van der Waals surface area (Å²) in [7, 11) is 1.42. The van der Waals surface area contributed by atoms with Gasteiger partial charge < -0.3 is 10.1 Å². The molecule has 0 bridgehead atoms. The number of hydrogen-bond donors (Lipinski definition) is 1. The summed E-state index contributed by atoms with van der Waals surface area (Å²) in [6, 6.07) is 4.33. The molecule has 106 valence electrons. The smallest absolute Gasteiger partial charge is 0.325 e. The minimum Gasteiger partial charge on any atom is -0.468 e. The molecule has 0 saturated carbocycles. The zero-order valence-electron chi connectivity index (χ0n) is 12.9. The van der Waals surface area contributed by atoms with E-state index >= 15 is 0 Å². The van der Waals surface area contributed by atoms with Crippen LogP contribution in [0.25, 0.3) is 0 Å². The lowest BCUT2D eigenvalue weighted by Crippen LogP contribution is -2.48. The van der Waals surface area contributed by atoms with Crippen LogP contribution >= 0.6 is 0 Å². The Hall–Kier alpha value is -1.35. The Morgan fingerprint density at radius 2 is 1.84 bits per heavy atom. The molecule has 0 aliphatic rings. The third-order valence-electron chi connectivity index (χ3n) is 3.83. The average molecular weight is 263 g/mol. The zero-order valence-corrected chi connectivity index (χ0v) is 12.9. The highest BCUT2D eigenvalue weighted by molar-refractivity contribution is 5.79.